The minimum absolute atomic E-state index is 0.412. The van der Waals surface area contributed by atoms with E-state index in [1.807, 2.05) is 0 Å². The Balaban J connectivity index is 1.99. The van der Waals surface area contributed by atoms with Gasteiger partial charge in [0.15, 0.2) is 0 Å². The minimum Gasteiger partial charge on any atom is -0.330 e. The lowest BCUT2D eigenvalue weighted by Gasteiger charge is -2.25. The topological polar surface area (TPSA) is 43.8 Å². The third kappa shape index (κ3) is 2.84. The molecule has 1 aliphatic carbocycles. The van der Waals surface area contributed by atoms with Gasteiger partial charge in [-0.1, -0.05) is 37.8 Å². The van der Waals surface area contributed by atoms with Crippen LogP contribution in [0.15, 0.2) is 24.3 Å². The number of nitrogens with two attached hydrogens (primary N) is 1. The van der Waals surface area contributed by atoms with E-state index in [2.05, 4.69) is 35.8 Å². The summed E-state index contributed by atoms with van der Waals surface area (Å²) in [5.74, 6) is 2.34. The summed E-state index contributed by atoms with van der Waals surface area (Å²) < 4.78 is 2.37. The van der Waals surface area contributed by atoms with Crippen LogP contribution in [0.4, 0.5) is 0 Å². The van der Waals surface area contributed by atoms with Gasteiger partial charge in [-0.3, -0.25) is 0 Å². The summed E-state index contributed by atoms with van der Waals surface area (Å²) in [6, 6.07) is 8.47. The molecule has 114 valence electrons. The van der Waals surface area contributed by atoms with Crippen molar-refractivity contribution in [3.63, 3.8) is 0 Å². The fourth-order valence-corrected chi connectivity index (χ4v) is 3.93. The molecule has 2 aromatic rings. The van der Waals surface area contributed by atoms with Gasteiger partial charge < -0.3 is 10.3 Å². The van der Waals surface area contributed by atoms with E-state index in [-0.39, 0.29) is 0 Å². The Morgan fingerprint density at radius 3 is 2.57 bits per heavy atom. The SMILES string of the molecule is CCn1c(C(CN)C2CCCCCC2)nc2ccccc21. The molecular weight excluding hydrogens is 258 g/mol. The monoisotopic (exact) mass is 285 g/mol. The second-order valence-corrected chi connectivity index (χ2v) is 6.30. The van der Waals surface area contributed by atoms with Crippen LogP contribution in [0.1, 0.15) is 57.2 Å². The highest BCUT2D eigenvalue weighted by atomic mass is 15.1. The van der Waals surface area contributed by atoms with Gasteiger partial charge >= 0.3 is 0 Å². The van der Waals surface area contributed by atoms with Crippen LogP contribution in [-0.4, -0.2) is 16.1 Å². The number of aryl methyl sites for hydroxylation is 1. The van der Waals surface area contributed by atoms with E-state index in [9.17, 15) is 0 Å². The van der Waals surface area contributed by atoms with Crippen LogP contribution >= 0.6 is 0 Å². The van der Waals surface area contributed by atoms with Crippen LogP contribution in [0.5, 0.6) is 0 Å². The molecule has 0 spiro atoms. The molecule has 0 radical (unpaired) electrons. The van der Waals surface area contributed by atoms with Gasteiger partial charge in [0.25, 0.3) is 0 Å². The van der Waals surface area contributed by atoms with Gasteiger partial charge in [0.05, 0.1) is 11.0 Å². The average molecular weight is 285 g/mol. The highest BCUT2D eigenvalue weighted by Crippen LogP contribution is 2.35. The molecule has 1 unspecified atom stereocenters. The molecule has 3 heteroatoms. The maximum absolute atomic E-state index is 6.18. The van der Waals surface area contributed by atoms with Gasteiger partial charge in [0.2, 0.25) is 0 Å². The molecule has 0 saturated heterocycles. The van der Waals surface area contributed by atoms with Crippen molar-refractivity contribution in [1.82, 2.24) is 9.55 Å². The Morgan fingerprint density at radius 1 is 1.19 bits per heavy atom. The first kappa shape index (κ1) is 14.6. The third-order valence-corrected chi connectivity index (χ3v) is 5.05. The van der Waals surface area contributed by atoms with Crippen LogP contribution in [-0.2, 0) is 6.54 Å². The molecule has 3 nitrogen and oxygen atoms in total. The first-order chi connectivity index (χ1) is 10.3. The maximum atomic E-state index is 6.18. The lowest BCUT2D eigenvalue weighted by molar-refractivity contribution is 0.361. The molecule has 0 bridgehead atoms. The zero-order valence-electron chi connectivity index (χ0n) is 13.1. The summed E-state index contributed by atoms with van der Waals surface area (Å²) in [7, 11) is 0. The van der Waals surface area contributed by atoms with Crippen molar-refractivity contribution >= 4 is 11.0 Å². The molecule has 1 aliphatic rings. The van der Waals surface area contributed by atoms with Crippen LogP contribution in [0.25, 0.3) is 11.0 Å². The van der Waals surface area contributed by atoms with Crippen molar-refractivity contribution in [3.8, 4) is 0 Å². The number of para-hydroxylation sites is 2. The lowest BCUT2D eigenvalue weighted by Crippen LogP contribution is -2.24. The van der Waals surface area contributed by atoms with Gasteiger partial charge in [-0.05, 0) is 37.8 Å². The minimum atomic E-state index is 0.412. The number of aromatic nitrogens is 2. The van der Waals surface area contributed by atoms with E-state index in [1.165, 1.54) is 49.9 Å². The summed E-state index contributed by atoms with van der Waals surface area (Å²) in [5.41, 5.74) is 8.54. The van der Waals surface area contributed by atoms with Gasteiger partial charge in [0.1, 0.15) is 5.82 Å². The molecule has 0 amide bonds. The number of benzene rings is 1. The van der Waals surface area contributed by atoms with Gasteiger partial charge in [-0.25, -0.2) is 4.98 Å². The summed E-state index contributed by atoms with van der Waals surface area (Å²) in [5, 5.41) is 0. The highest BCUT2D eigenvalue weighted by molar-refractivity contribution is 5.76. The fourth-order valence-electron chi connectivity index (χ4n) is 3.93. The zero-order valence-corrected chi connectivity index (χ0v) is 13.1. The lowest BCUT2D eigenvalue weighted by atomic mass is 9.85. The Bertz CT molecular complexity index is 579. The Hall–Kier alpha value is -1.35. The maximum Gasteiger partial charge on any atom is 0.114 e. The molecular formula is C18H27N3. The largest absolute Gasteiger partial charge is 0.330 e. The molecule has 3 rings (SSSR count). The first-order valence-corrected chi connectivity index (χ1v) is 8.50. The molecule has 1 heterocycles. The van der Waals surface area contributed by atoms with E-state index < -0.39 is 0 Å². The number of hydrogen-bond acceptors (Lipinski definition) is 2. The predicted molar refractivity (Wildman–Crippen MR) is 88.4 cm³/mol. The molecule has 1 atom stereocenters. The second-order valence-electron chi connectivity index (χ2n) is 6.30. The molecule has 0 aliphatic heterocycles. The normalized spacial score (nSPS) is 18.8. The second kappa shape index (κ2) is 6.61. The van der Waals surface area contributed by atoms with E-state index in [4.69, 9.17) is 10.7 Å². The molecule has 1 aromatic heterocycles. The smallest absolute Gasteiger partial charge is 0.114 e. The van der Waals surface area contributed by atoms with E-state index in [0.717, 1.165) is 12.1 Å². The number of imidazole rings is 1. The summed E-state index contributed by atoms with van der Waals surface area (Å²) >= 11 is 0. The Morgan fingerprint density at radius 2 is 1.90 bits per heavy atom. The fraction of sp³-hybridized carbons (Fsp3) is 0.611. The van der Waals surface area contributed by atoms with E-state index in [1.54, 1.807) is 0 Å². The summed E-state index contributed by atoms with van der Waals surface area (Å²) in [6.07, 6.45) is 8.11. The van der Waals surface area contributed by atoms with Crippen molar-refractivity contribution in [2.24, 2.45) is 11.7 Å². The third-order valence-electron chi connectivity index (χ3n) is 5.05. The van der Waals surface area contributed by atoms with Crippen LogP contribution in [0.2, 0.25) is 0 Å². The van der Waals surface area contributed by atoms with Gasteiger partial charge in [0, 0.05) is 19.0 Å². The number of fused-ring (bicyclic) bond motifs is 1. The molecule has 21 heavy (non-hydrogen) atoms. The number of hydrogen-bond donors (Lipinski definition) is 1. The summed E-state index contributed by atoms with van der Waals surface area (Å²) in [4.78, 5) is 4.94. The molecule has 2 N–H and O–H groups in total. The van der Waals surface area contributed by atoms with Crippen LogP contribution < -0.4 is 5.73 Å². The van der Waals surface area contributed by atoms with Crippen molar-refractivity contribution in [3.05, 3.63) is 30.1 Å². The van der Waals surface area contributed by atoms with Gasteiger partial charge in [-0.2, -0.15) is 0 Å². The standard InChI is InChI=1S/C18H27N3/c1-2-21-17-12-8-7-11-16(17)20-18(21)15(13-19)14-9-5-3-4-6-10-14/h7-8,11-12,14-15H,2-6,9-10,13,19H2,1H3. The molecule has 1 fully saturated rings. The Kier molecular flexibility index (Phi) is 4.59. The predicted octanol–water partition coefficient (Wildman–Crippen LogP) is 4.07. The number of rotatable bonds is 4. The van der Waals surface area contributed by atoms with Crippen molar-refractivity contribution in [2.45, 2.75) is 57.9 Å². The number of nitrogens with zero attached hydrogens (tertiary/aromatic N) is 2. The quantitative estimate of drug-likeness (QED) is 0.861. The Labute approximate surface area is 127 Å². The van der Waals surface area contributed by atoms with E-state index >= 15 is 0 Å². The van der Waals surface area contributed by atoms with E-state index in [0.29, 0.717) is 18.4 Å². The van der Waals surface area contributed by atoms with Gasteiger partial charge in [-0.15, -0.1) is 0 Å². The van der Waals surface area contributed by atoms with Crippen LogP contribution in [0, 0.1) is 5.92 Å². The van der Waals surface area contributed by atoms with Crippen molar-refractivity contribution < 1.29 is 0 Å². The highest BCUT2D eigenvalue weighted by Gasteiger charge is 2.27. The molecule has 1 saturated carbocycles. The first-order valence-electron chi connectivity index (χ1n) is 8.50. The van der Waals surface area contributed by atoms with Crippen LogP contribution in [0.3, 0.4) is 0 Å². The zero-order chi connectivity index (χ0) is 14.7. The average Bonchev–Trinajstić information content (AvgIpc) is 2.69. The summed E-state index contributed by atoms with van der Waals surface area (Å²) in [6.45, 7) is 3.89. The van der Waals surface area contributed by atoms with Crippen molar-refractivity contribution in [2.75, 3.05) is 6.54 Å². The molecule has 1 aromatic carbocycles. The van der Waals surface area contributed by atoms with Crippen molar-refractivity contribution in [1.29, 1.82) is 0 Å².